The third-order valence-corrected chi connectivity index (χ3v) is 3.86. The van der Waals surface area contributed by atoms with Crippen LogP contribution in [-0.4, -0.2) is 27.0 Å². The molecule has 0 aromatic carbocycles. The average Bonchev–Trinajstić information content (AvgIpc) is 2.37. The predicted octanol–water partition coefficient (Wildman–Crippen LogP) is 3.07. The van der Waals surface area contributed by atoms with Gasteiger partial charge in [0.1, 0.15) is 17.6 Å². The van der Waals surface area contributed by atoms with E-state index in [1.54, 1.807) is 0 Å². The molecule has 2 N–H and O–H groups in total. The SMILES string of the molecule is CC1(C)CCCC(Nc2ncc([N+](=O)[O-])cc2C(=O)O)C1. The van der Waals surface area contributed by atoms with Crippen LogP contribution in [0.15, 0.2) is 12.3 Å². The van der Waals surface area contributed by atoms with Crippen LogP contribution >= 0.6 is 0 Å². The number of nitrogens with zero attached hydrogens (tertiary/aromatic N) is 2. The Balaban J connectivity index is 2.23. The molecule has 1 aromatic rings. The normalized spacial score (nSPS) is 20.8. The minimum Gasteiger partial charge on any atom is -0.478 e. The van der Waals surface area contributed by atoms with E-state index in [1.165, 1.54) is 0 Å². The van der Waals surface area contributed by atoms with Gasteiger partial charge < -0.3 is 10.4 Å². The number of hydrogen-bond donors (Lipinski definition) is 2. The molecule has 1 saturated carbocycles. The van der Waals surface area contributed by atoms with Crippen LogP contribution < -0.4 is 5.32 Å². The molecule has 1 atom stereocenters. The van der Waals surface area contributed by atoms with Crippen LogP contribution in [0, 0.1) is 15.5 Å². The second kappa shape index (κ2) is 5.67. The Bertz CT molecular complexity index is 571. The summed E-state index contributed by atoms with van der Waals surface area (Å²) in [5.74, 6) is -1.01. The average molecular weight is 293 g/mol. The summed E-state index contributed by atoms with van der Waals surface area (Å²) >= 11 is 0. The topological polar surface area (TPSA) is 105 Å². The van der Waals surface area contributed by atoms with Crippen LogP contribution in [0.25, 0.3) is 0 Å². The zero-order valence-electron chi connectivity index (χ0n) is 12.1. The number of nitrogens with one attached hydrogen (secondary N) is 1. The summed E-state index contributed by atoms with van der Waals surface area (Å²) in [5, 5.41) is 23.1. The first-order valence-corrected chi connectivity index (χ1v) is 6.93. The molecule has 1 fully saturated rings. The van der Waals surface area contributed by atoms with E-state index in [0.29, 0.717) is 0 Å². The Labute approximate surface area is 122 Å². The highest BCUT2D eigenvalue weighted by Crippen LogP contribution is 2.36. The molecule has 1 aliphatic rings. The Hall–Kier alpha value is -2.18. The van der Waals surface area contributed by atoms with Crippen LogP contribution in [-0.2, 0) is 0 Å². The van der Waals surface area contributed by atoms with Crippen molar-refractivity contribution < 1.29 is 14.8 Å². The van der Waals surface area contributed by atoms with Gasteiger partial charge in [-0.1, -0.05) is 20.3 Å². The number of carbonyl (C=O) groups is 1. The van der Waals surface area contributed by atoms with Crippen molar-refractivity contribution in [2.45, 2.75) is 45.6 Å². The van der Waals surface area contributed by atoms with E-state index in [2.05, 4.69) is 24.1 Å². The molecule has 0 saturated heterocycles. The predicted molar refractivity (Wildman–Crippen MR) is 77.5 cm³/mol. The Morgan fingerprint density at radius 1 is 1.57 bits per heavy atom. The zero-order chi connectivity index (χ0) is 15.6. The second-order valence-corrected chi connectivity index (χ2v) is 6.25. The summed E-state index contributed by atoms with van der Waals surface area (Å²) in [5.41, 5.74) is -0.269. The first-order chi connectivity index (χ1) is 9.78. The first-order valence-electron chi connectivity index (χ1n) is 6.93. The molecule has 0 bridgehead atoms. The van der Waals surface area contributed by atoms with Crippen molar-refractivity contribution in [3.8, 4) is 0 Å². The van der Waals surface area contributed by atoms with Gasteiger partial charge in [-0.25, -0.2) is 9.78 Å². The lowest BCUT2D eigenvalue weighted by Gasteiger charge is -2.35. The molecule has 21 heavy (non-hydrogen) atoms. The van der Waals surface area contributed by atoms with E-state index >= 15 is 0 Å². The first kappa shape index (κ1) is 15.2. The number of pyridine rings is 1. The fourth-order valence-corrected chi connectivity index (χ4v) is 2.85. The van der Waals surface area contributed by atoms with Gasteiger partial charge in [0, 0.05) is 12.1 Å². The van der Waals surface area contributed by atoms with Gasteiger partial charge in [-0.15, -0.1) is 0 Å². The molecule has 0 spiro atoms. The molecule has 1 aromatic heterocycles. The number of carboxylic acid groups (broad SMARTS) is 1. The fourth-order valence-electron chi connectivity index (χ4n) is 2.85. The monoisotopic (exact) mass is 293 g/mol. The lowest BCUT2D eigenvalue weighted by atomic mass is 9.75. The van der Waals surface area contributed by atoms with Crippen LogP contribution in [0.5, 0.6) is 0 Å². The van der Waals surface area contributed by atoms with Gasteiger partial charge in [-0.2, -0.15) is 0 Å². The van der Waals surface area contributed by atoms with Gasteiger partial charge in [0.25, 0.3) is 5.69 Å². The summed E-state index contributed by atoms with van der Waals surface area (Å²) in [6.45, 7) is 4.37. The molecule has 0 aliphatic heterocycles. The molecule has 2 rings (SSSR count). The standard InChI is InChI=1S/C14H19N3O4/c1-14(2)5-3-4-9(7-14)16-12-11(13(18)19)6-10(8-15-12)17(20)21/h6,8-9H,3-5,7H2,1-2H3,(H,15,16)(H,18,19). The van der Waals surface area contributed by atoms with Gasteiger partial charge in [0.15, 0.2) is 0 Å². The quantitative estimate of drug-likeness (QED) is 0.652. The number of anilines is 1. The Morgan fingerprint density at radius 2 is 2.29 bits per heavy atom. The maximum Gasteiger partial charge on any atom is 0.339 e. The largest absolute Gasteiger partial charge is 0.478 e. The molecule has 0 amide bonds. The van der Waals surface area contributed by atoms with Crippen molar-refractivity contribution in [2.75, 3.05) is 5.32 Å². The van der Waals surface area contributed by atoms with E-state index in [4.69, 9.17) is 0 Å². The summed E-state index contributed by atoms with van der Waals surface area (Å²) in [6, 6.07) is 1.19. The smallest absolute Gasteiger partial charge is 0.339 e. The van der Waals surface area contributed by atoms with Crippen molar-refractivity contribution in [3.05, 3.63) is 27.9 Å². The minimum absolute atomic E-state index is 0.140. The van der Waals surface area contributed by atoms with E-state index < -0.39 is 10.9 Å². The van der Waals surface area contributed by atoms with Crippen LogP contribution in [0.3, 0.4) is 0 Å². The van der Waals surface area contributed by atoms with E-state index in [1.807, 2.05) is 0 Å². The molecule has 7 nitrogen and oxygen atoms in total. The van der Waals surface area contributed by atoms with Gasteiger partial charge in [-0.05, 0) is 24.7 Å². The molecule has 0 radical (unpaired) electrons. The van der Waals surface area contributed by atoms with Crippen molar-refractivity contribution in [3.63, 3.8) is 0 Å². The summed E-state index contributed by atoms with van der Waals surface area (Å²) < 4.78 is 0. The number of nitro groups is 1. The van der Waals surface area contributed by atoms with E-state index in [9.17, 15) is 20.0 Å². The molecule has 7 heteroatoms. The summed E-state index contributed by atoms with van der Waals surface area (Å²) in [4.78, 5) is 25.3. The number of hydrogen-bond acceptors (Lipinski definition) is 5. The minimum atomic E-state index is -1.22. The highest BCUT2D eigenvalue weighted by Gasteiger charge is 2.29. The molecular formula is C14H19N3O4. The van der Waals surface area contributed by atoms with Crippen LogP contribution in [0.2, 0.25) is 0 Å². The molecule has 114 valence electrons. The van der Waals surface area contributed by atoms with Gasteiger partial charge in [-0.3, -0.25) is 10.1 Å². The maximum atomic E-state index is 11.3. The number of aromatic nitrogens is 1. The van der Waals surface area contributed by atoms with Crippen LogP contribution in [0.4, 0.5) is 11.5 Å². The third kappa shape index (κ3) is 3.68. The Kier molecular flexibility index (Phi) is 4.11. The van der Waals surface area contributed by atoms with E-state index in [-0.39, 0.29) is 28.5 Å². The van der Waals surface area contributed by atoms with Crippen LogP contribution in [0.1, 0.15) is 49.9 Å². The lowest BCUT2D eigenvalue weighted by Crippen LogP contribution is -2.32. The summed E-state index contributed by atoms with van der Waals surface area (Å²) in [7, 11) is 0. The van der Waals surface area contributed by atoms with Crippen molar-refractivity contribution in [1.82, 2.24) is 4.98 Å². The zero-order valence-corrected chi connectivity index (χ0v) is 12.1. The molecular weight excluding hydrogens is 274 g/mol. The lowest BCUT2D eigenvalue weighted by molar-refractivity contribution is -0.385. The van der Waals surface area contributed by atoms with Crippen molar-refractivity contribution in [1.29, 1.82) is 0 Å². The number of aromatic carboxylic acids is 1. The fraction of sp³-hybridized carbons (Fsp3) is 0.571. The highest BCUT2D eigenvalue weighted by atomic mass is 16.6. The highest BCUT2D eigenvalue weighted by molar-refractivity contribution is 5.93. The molecule has 1 aliphatic carbocycles. The Morgan fingerprint density at radius 3 is 2.86 bits per heavy atom. The maximum absolute atomic E-state index is 11.3. The van der Waals surface area contributed by atoms with Crippen molar-refractivity contribution in [2.24, 2.45) is 5.41 Å². The van der Waals surface area contributed by atoms with Gasteiger partial charge in [0.05, 0.1) is 4.92 Å². The van der Waals surface area contributed by atoms with Gasteiger partial charge in [0.2, 0.25) is 0 Å². The van der Waals surface area contributed by atoms with E-state index in [0.717, 1.165) is 37.9 Å². The molecule has 1 heterocycles. The number of rotatable bonds is 4. The third-order valence-electron chi connectivity index (χ3n) is 3.86. The van der Waals surface area contributed by atoms with Gasteiger partial charge >= 0.3 is 5.97 Å². The summed E-state index contributed by atoms with van der Waals surface area (Å²) in [6.07, 6.45) is 5.17. The molecule has 1 unspecified atom stereocenters. The number of carboxylic acids is 1. The van der Waals surface area contributed by atoms with Crippen molar-refractivity contribution >= 4 is 17.5 Å². The second-order valence-electron chi connectivity index (χ2n) is 6.25.